The molecule has 0 bridgehead atoms. The Labute approximate surface area is 205 Å². The van der Waals surface area contributed by atoms with Crippen molar-refractivity contribution in [3.8, 4) is 5.75 Å². The molecule has 0 radical (unpaired) electrons. The quantitative estimate of drug-likeness (QED) is 0.626. The lowest BCUT2D eigenvalue weighted by Gasteiger charge is -2.32. The van der Waals surface area contributed by atoms with Crippen molar-refractivity contribution in [2.75, 3.05) is 18.0 Å². The van der Waals surface area contributed by atoms with E-state index < -0.39 is 46.6 Å². The minimum atomic E-state index is -1.32. The maximum atomic E-state index is 13.5. The smallest absolute Gasteiger partial charge is 0.302 e. The Morgan fingerprint density at radius 2 is 1.97 bits per heavy atom. The highest BCUT2D eigenvalue weighted by Gasteiger charge is 2.49. The van der Waals surface area contributed by atoms with E-state index in [0.717, 1.165) is 0 Å². The number of pyridine rings is 1. The number of hydrogen-bond donors (Lipinski definition) is 1. The normalized spacial score (nSPS) is 17.3. The highest BCUT2D eigenvalue weighted by Crippen LogP contribution is 2.41. The van der Waals surface area contributed by atoms with E-state index in [2.05, 4.69) is 0 Å². The summed E-state index contributed by atoms with van der Waals surface area (Å²) in [6.07, 6.45) is -0.418. The predicted molar refractivity (Wildman–Crippen MR) is 125 cm³/mol. The Balaban J connectivity index is 1.78. The molecule has 9 nitrogen and oxygen atoms in total. The Hall–Kier alpha value is -3.40. The molecule has 1 N–H and O–H groups in total. The van der Waals surface area contributed by atoms with Crippen LogP contribution in [0.5, 0.6) is 5.75 Å². The predicted octanol–water partition coefficient (Wildman–Crippen LogP) is 2.58. The first-order chi connectivity index (χ1) is 16.3. The molecule has 1 aromatic heterocycles. The number of hydrogen-bond acceptors (Lipinski definition) is 6. The summed E-state index contributed by atoms with van der Waals surface area (Å²) in [7, 11) is 0. The zero-order valence-corrected chi connectivity index (χ0v) is 20.5. The van der Waals surface area contributed by atoms with Gasteiger partial charge in [-0.05, 0) is 44.9 Å². The zero-order chi connectivity index (χ0) is 25.8. The molecule has 2 amide bonds. The number of aromatic hydroxyl groups is 1. The van der Waals surface area contributed by atoms with Gasteiger partial charge in [0.1, 0.15) is 23.3 Å². The van der Waals surface area contributed by atoms with Crippen LogP contribution in [0, 0.1) is 5.82 Å². The van der Waals surface area contributed by atoms with Crippen molar-refractivity contribution in [3.63, 3.8) is 0 Å². The molecule has 35 heavy (non-hydrogen) atoms. The summed E-state index contributed by atoms with van der Waals surface area (Å²) < 4.78 is 19.9. The van der Waals surface area contributed by atoms with Crippen LogP contribution in [0.1, 0.15) is 49.2 Å². The molecule has 2 aromatic rings. The van der Waals surface area contributed by atoms with Crippen LogP contribution in [0.2, 0.25) is 5.02 Å². The minimum Gasteiger partial charge on any atom is -0.502 e. The summed E-state index contributed by atoms with van der Waals surface area (Å²) in [4.78, 5) is 54.1. The lowest BCUT2D eigenvalue weighted by Crippen LogP contribution is -2.43. The number of anilines is 1. The Morgan fingerprint density at radius 1 is 1.29 bits per heavy atom. The number of rotatable bonds is 5. The summed E-state index contributed by atoms with van der Waals surface area (Å²) in [6.45, 7) is 6.28. The standard InChI is InChI=1S/C24H25ClFN3O6/c1-12(35-13(2)30)10-28-20-15-7-8-27(11-14-5-6-17(26)16(25)9-14)21(32)18(15)19(31)22(33)29(20)24(3,4)23(28)34/h5-6,9,12,31H,7-8,10-11H2,1-4H3. The van der Waals surface area contributed by atoms with Crippen LogP contribution in [0.15, 0.2) is 23.0 Å². The molecule has 1 atom stereocenters. The molecule has 0 aliphatic carbocycles. The van der Waals surface area contributed by atoms with Gasteiger partial charge in [-0.25, -0.2) is 4.39 Å². The molecular formula is C24H25ClFN3O6. The van der Waals surface area contributed by atoms with Crippen LogP contribution in [0.25, 0.3) is 0 Å². The van der Waals surface area contributed by atoms with Crippen molar-refractivity contribution < 1.29 is 28.6 Å². The van der Waals surface area contributed by atoms with Gasteiger partial charge >= 0.3 is 5.97 Å². The van der Waals surface area contributed by atoms with Crippen LogP contribution >= 0.6 is 11.6 Å². The second-order valence-electron chi connectivity index (χ2n) is 9.29. The number of carbonyl (C=O) groups is 3. The second kappa shape index (κ2) is 8.67. The third kappa shape index (κ3) is 4.05. The monoisotopic (exact) mass is 505 g/mol. The van der Waals surface area contributed by atoms with Gasteiger partial charge in [-0.3, -0.25) is 28.6 Å². The van der Waals surface area contributed by atoms with Gasteiger partial charge in [0.25, 0.3) is 17.4 Å². The number of fused-ring (bicyclic) bond motifs is 3. The van der Waals surface area contributed by atoms with E-state index in [1.165, 1.54) is 39.5 Å². The molecule has 0 spiro atoms. The minimum absolute atomic E-state index is 0.0233. The molecule has 2 aliphatic rings. The van der Waals surface area contributed by atoms with Crippen molar-refractivity contribution in [3.05, 3.63) is 56.1 Å². The first kappa shape index (κ1) is 24.7. The molecule has 0 saturated heterocycles. The lowest BCUT2D eigenvalue weighted by atomic mass is 9.97. The Morgan fingerprint density at radius 3 is 2.60 bits per heavy atom. The van der Waals surface area contributed by atoms with Crippen molar-refractivity contribution in [1.29, 1.82) is 0 Å². The van der Waals surface area contributed by atoms with Gasteiger partial charge in [0.05, 0.1) is 17.1 Å². The average Bonchev–Trinajstić information content (AvgIpc) is 2.96. The van der Waals surface area contributed by atoms with Crippen LogP contribution in [-0.4, -0.2) is 51.6 Å². The van der Waals surface area contributed by atoms with Gasteiger partial charge in [0.2, 0.25) is 0 Å². The van der Waals surface area contributed by atoms with Gasteiger partial charge in [-0.15, -0.1) is 0 Å². The number of nitrogens with zero attached hydrogens (tertiary/aromatic N) is 3. The third-order valence-electron chi connectivity index (χ3n) is 6.31. The maximum absolute atomic E-state index is 13.5. The van der Waals surface area contributed by atoms with Gasteiger partial charge in [-0.1, -0.05) is 17.7 Å². The van der Waals surface area contributed by atoms with Gasteiger partial charge in [0, 0.05) is 25.6 Å². The topological polar surface area (TPSA) is 109 Å². The highest BCUT2D eigenvalue weighted by molar-refractivity contribution is 6.30. The van der Waals surface area contributed by atoms with Gasteiger partial charge in [-0.2, -0.15) is 0 Å². The number of carbonyl (C=O) groups excluding carboxylic acids is 3. The van der Waals surface area contributed by atoms with Gasteiger partial charge in [0.15, 0.2) is 5.75 Å². The van der Waals surface area contributed by atoms with Crippen LogP contribution in [0.4, 0.5) is 10.2 Å². The van der Waals surface area contributed by atoms with Crippen molar-refractivity contribution in [2.45, 2.75) is 52.3 Å². The highest BCUT2D eigenvalue weighted by atomic mass is 35.5. The maximum Gasteiger partial charge on any atom is 0.302 e. The van der Waals surface area contributed by atoms with Crippen molar-refractivity contribution >= 4 is 35.2 Å². The summed E-state index contributed by atoms with van der Waals surface area (Å²) in [5, 5.41) is 10.7. The molecule has 4 rings (SSSR count). The van der Waals surface area contributed by atoms with E-state index >= 15 is 0 Å². The molecule has 0 fully saturated rings. The third-order valence-corrected chi connectivity index (χ3v) is 6.60. The lowest BCUT2D eigenvalue weighted by molar-refractivity contribution is -0.145. The van der Waals surface area contributed by atoms with E-state index in [4.69, 9.17) is 16.3 Å². The fourth-order valence-electron chi connectivity index (χ4n) is 4.75. The van der Waals surface area contributed by atoms with Crippen LogP contribution < -0.4 is 10.5 Å². The molecule has 11 heteroatoms. The summed E-state index contributed by atoms with van der Waals surface area (Å²) in [5.74, 6) is -2.62. The number of halogens is 2. The van der Waals surface area contributed by atoms with Gasteiger partial charge < -0.3 is 14.7 Å². The Kier molecular flexibility index (Phi) is 6.12. The van der Waals surface area contributed by atoms with E-state index in [-0.39, 0.29) is 42.5 Å². The molecule has 186 valence electrons. The van der Waals surface area contributed by atoms with E-state index in [9.17, 15) is 28.7 Å². The molecule has 3 heterocycles. The Bertz CT molecular complexity index is 1320. The number of amides is 2. The number of esters is 1. The summed E-state index contributed by atoms with van der Waals surface area (Å²) in [5.41, 5.74) is -1.40. The van der Waals surface area contributed by atoms with E-state index in [0.29, 0.717) is 11.1 Å². The summed E-state index contributed by atoms with van der Waals surface area (Å²) in [6, 6.07) is 4.11. The largest absolute Gasteiger partial charge is 0.502 e. The molecule has 1 unspecified atom stereocenters. The number of benzene rings is 1. The van der Waals surface area contributed by atoms with Crippen molar-refractivity contribution in [2.24, 2.45) is 0 Å². The second-order valence-corrected chi connectivity index (χ2v) is 9.69. The zero-order valence-electron chi connectivity index (χ0n) is 19.7. The molecule has 1 aromatic carbocycles. The van der Waals surface area contributed by atoms with Crippen LogP contribution in [-0.2, 0) is 32.8 Å². The molecule has 2 aliphatic heterocycles. The van der Waals surface area contributed by atoms with E-state index in [1.807, 2.05) is 0 Å². The SMILES string of the molecule is CC(=O)OC(C)CN1C(=O)C(C)(C)n2c1c1c(c(O)c2=O)C(=O)N(Cc2ccc(F)c(Cl)c2)CC1. The number of ether oxygens (including phenoxy) is 1. The fraction of sp³-hybridized carbons (Fsp3) is 0.417. The van der Waals surface area contributed by atoms with E-state index in [1.54, 1.807) is 20.8 Å². The number of aromatic nitrogens is 1. The first-order valence-corrected chi connectivity index (χ1v) is 11.5. The average molecular weight is 506 g/mol. The fourth-order valence-corrected chi connectivity index (χ4v) is 4.96. The van der Waals surface area contributed by atoms with Crippen molar-refractivity contribution in [1.82, 2.24) is 9.47 Å². The molecule has 0 saturated carbocycles. The summed E-state index contributed by atoms with van der Waals surface area (Å²) >= 11 is 5.86. The molecular weight excluding hydrogens is 481 g/mol. The van der Waals surface area contributed by atoms with Crippen LogP contribution in [0.3, 0.4) is 0 Å². The first-order valence-electron chi connectivity index (χ1n) is 11.1.